The van der Waals surface area contributed by atoms with Crippen molar-refractivity contribution in [1.82, 2.24) is 4.90 Å². The molecule has 0 fully saturated rings. The van der Waals surface area contributed by atoms with E-state index in [9.17, 15) is 24.9 Å². The number of anilines is 2. The van der Waals surface area contributed by atoms with E-state index in [2.05, 4.69) is 28.5 Å². The first-order valence-electron chi connectivity index (χ1n) is 22.7. The van der Waals surface area contributed by atoms with E-state index in [0.29, 0.717) is 48.3 Å². The number of nitrogens with two attached hydrogens (primary N) is 1. The number of halogens is 2. The number of aryl methyl sites for hydroxylation is 2. The zero-order valence-corrected chi connectivity index (χ0v) is 45.2. The van der Waals surface area contributed by atoms with E-state index in [4.69, 9.17) is 26.3 Å². The van der Waals surface area contributed by atoms with E-state index in [1.807, 2.05) is 128 Å². The second-order valence-corrected chi connectivity index (χ2v) is 15.1. The van der Waals surface area contributed by atoms with Gasteiger partial charge in [-0.1, -0.05) is 78.9 Å². The summed E-state index contributed by atoms with van der Waals surface area (Å²) in [5.74, 6) is -2.55. The molecule has 0 spiro atoms. The molecule has 384 valence electrons. The van der Waals surface area contributed by atoms with Crippen molar-refractivity contribution in [3.05, 3.63) is 242 Å². The molecule has 0 atom stereocenters. The van der Waals surface area contributed by atoms with Gasteiger partial charge in [0.25, 0.3) is 0 Å². The molecule has 0 saturated carbocycles. The van der Waals surface area contributed by atoms with Crippen LogP contribution >= 0.6 is 0 Å². The molecule has 0 bridgehead atoms. The number of nitrogen functional groups attached to an aromatic ring is 1. The fourth-order valence-electron chi connectivity index (χ4n) is 5.80. The van der Waals surface area contributed by atoms with Gasteiger partial charge in [-0.15, -0.1) is 0 Å². The van der Waals surface area contributed by atoms with E-state index in [0.717, 1.165) is 22.6 Å². The van der Waals surface area contributed by atoms with Crippen LogP contribution in [0.15, 0.2) is 236 Å². The van der Waals surface area contributed by atoms with Crippen molar-refractivity contribution < 1.29 is 86.8 Å². The molecule has 1 aliphatic heterocycles. The predicted molar refractivity (Wildman–Crippen MR) is 283 cm³/mol. The molecule has 6 N–H and O–H groups in total. The van der Waals surface area contributed by atoms with Gasteiger partial charge in [-0.3, -0.25) is 19.4 Å². The van der Waals surface area contributed by atoms with Crippen molar-refractivity contribution in [1.29, 1.82) is 15.8 Å². The van der Waals surface area contributed by atoms with Gasteiger partial charge in [-0.25, -0.2) is 9.13 Å². The summed E-state index contributed by atoms with van der Waals surface area (Å²) in [7, 11) is 0. The summed E-state index contributed by atoms with van der Waals surface area (Å²) in [6.45, 7) is 1.17. The van der Waals surface area contributed by atoms with Crippen LogP contribution in [0.4, 0.5) is 17.1 Å². The Kier molecular flexibility index (Phi) is 34.2. The number of rotatable bonds is 19. The summed E-state index contributed by atoms with van der Waals surface area (Å²) in [6, 6.07) is 42.8. The number of benzene rings is 3. The number of pyridine rings is 2. The Balaban J connectivity index is 0.000000562. The van der Waals surface area contributed by atoms with Gasteiger partial charge in [0.15, 0.2) is 37.9 Å². The molecule has 0 amide bonds. The molecule has 0 saturated heterocycles. The van der Waals surface area contributed by atoms with E-state index in [1.165, 1.54) is 0 Å². The lowest BCUT2D eigenvalue weighted by Gasteiger charge is -2.17. The number of hydrogen-bond acceptors (Lipinski definition) is 10. The van der Waals surface area contributed by atoms with Crippen molar-refractivity contribution in [2.24, 2.45) is 4.99 Å². The average Bonchev–Trinajstić information content (AvgIpc) is 3.41. The summed E-state index contributed by atoms with van der Waals surface area (Å²) < 4.78 is 3.52. The van der Waals surface area contributed by atoms with Crippen LogP contribution in [0.2, 0.25) is 0 Å². The third kappa shape index (κ3) is 30.1. The van der Waals surface area contributed by atoms with Crippen molar-refractivity contribution in [2.45, 2.75) is 38.8 Å². The molecule has 3 heterocycles. The predicted octanol–water partition coefficient (Wildman–Crippen LogP) is 3.47. The van der Waals surface area contributed by atoms with Crippen molar-refractivity contribution in [3.8, 4) is 18.2 Å². The third-order valence-corrected chi connectivity index (χ3v) is 9.60. The summed E-state index contributed by atoms with van der Waals surface area (Å²) in [5.41, 5.74) is 11.5. The van der Waals surface area contributed by atoms with Gasteiger partial charge >= 0.3 is 17.9 Å². The molecule has 75 heavy (non-hydrogen) atoms. The number of allylic oxidation sites excluding steroid dienone is 13. The zero-order valence-electron chi connectivity index (χ0n) is 40.8. The maximum atomic E-state index is 10.6. The molecule has 0 aliphatic carbocycles. The van der Waals surface area contributed by atoms with Gasteiger partial charge in [-0.2, -0.15) is 15.8 Å². The van der Waals surface area contributed by atoms with Crippen LogP contribution in [0.1, 0.15) is 30.4 Å². The van der Waals surface area contributed by atoms with Gasteiger partial charge in [0.2, 0.25) is 0 Å². The van der Waals surface area contributed by atoms with Gasteiger partial charge in [0, 0.05) is 72.6 Å². The molecule has 17 heteroatoms. The van der Waals surface area contributed by atoms with E-state index >= 15 is 0 Å². The molecule has 0 radical (unpaired) electrons. The molecule has 3 aromatic carbocycles. The number of hydrogen-bond donors (Lipinski definition) is 5. The Hall–Kier alpha value is -8.71. The molecule has 6 rings (SSSR count). The molecule has 1 aliphatic rings. The van der Waals surface area contributed by atoms with Crippen LogP contribution in [0.3, 0.4) is 0 Å². The largest absolute Gasteiger partial charge is 1.00 e. The first-order valence-corrected chi connectivity index (χ1v) is 22.7. The minimum atomic E-state index is -0.870. The number of nitriles is 3. The number of carbonyl (C=O) groups is 3. The summed E-state index contributed by atoms with van der Waals surface area (Å²) in [4.78, 5) is 37.6. The quantitative estimate of drug-likeness (QED) is 0.0199. The zero-order chi connectivity index (χ0) is 52.7. The fourth-order valence-corrected chi connectivity index (χ4v) is 5.80. The molecular formula is C58H57I2N9O6. The highest BCUT2D eigenvalue weighted by Gasteiger charge is 2.08. The monoisotopic (exact) mass is 1230 g/mol. The normalized spacial score (nSPS) is 11.3. The number of nitrogens with one attached hydrogen (secondary N) is 1. The van der Waals surface area contributed by atoms with Gasteiger partial charge in [0.05, 0.1) is 47.9 Å². The van der Waals surface area contributed by atoms with Gasteiger partial charge in [0.1, 0.15) is 12.8 Å². The Bertz CT molecular complexity index is 2900. The minimum absolute atomic E-state index is 0. The smallest absolute Gasteiger partial charge is 0.309 e. The van der Waals surface area contributed by atoms with E-state index in [1.54, 1.807) is 112 Å². The van der Waals surface area contributed by atoms with Crippen LogP contribution in [0.25, 0.3) is 5.57 Å². The lowest BCUT2D eigenvalue weighted by Crippen LogP contribution is -3.00. The summed E-state index contributed by atoms with van der Waals surface area (Å²) >= 11 is 0. The highest BCUT2D eigenvalue weighted by Crippen LogP contribution is 2.16. The van der Waals surface area contributed by atoms with Crippen molar-refractivity contribution >= 4 is 46.8 Å². The standard InChI is InChI=1S/C25H22N4O4.C17H16N2.C10H10N2O2.C6H7N.2HI/c26-18-22(20-6-12-28(13-7-20)16-10-24(30)31)4-2-1-3-5-23(19-27)21-8-14-29(15-9-21)17-11-25(32)33;1-4-10-16(11-5-1)18-14-8-3-9-15-19-17-12-6-2-7-13-17;11-5-1-9-2-6-12(7-3-9)8-4-10(13)14;7-6-4-2-1-3-5-6;;/h1-9,12-15H,10-11,16-17H2,(H-,30,31,32,33);1-15,18H;2-3,6-7H,1,4,8H2;1-5H,7H2;2*1H. The number of aromatic nitrogens is 2. The number of carboxylic acid groups (broad SMARTS) is 3. The average molecular weight is 1230 g/mol. The minimum Gasteiger partial charge on any atom is -1.00 e. The number of para-hydroxylation sites is 3. The molecular weight excluding hydrogens is 1170 g/mol. The lowest BCUT2D eigenvalue weighted by atomic mass is 10.1. The highest BCUT2D eigenvalue weighted by atomic mass is 127. The number of carboxylic acids is 3. The molecule has 15 nitrogen and oxygen atoms in total. The number of aliphatic imine (C=N–C) groups is 1. The second kappa shape index (κ2) is 39.9. The Morgan fingerprint density at radius 2 is 1.17 bits per heavy atom. The SMILES string of the molecule is C(=CC=Nc1ccccc1)C=CNc1ccccc1.N#CC(/C=C/C=C/C=C(\C#N)c1cc[n+](CCC(=O)O)cc1)=C1C=CN(CCC(=O)O)C=C1.N#CCc1cc[n+](CCC(=O)O)cc1.Nc1ccccc1.[I-].[I-]. The van der Waals surface area contributed by atoms with Crippen LogP contribution in [-0.2, 0) is 33.9 Å². The van der Waals surface area contributed by atoms with Crippen molar-refractivity contribution in [3.63, 3.8) is 0 Å². The van der Waals surface area contributed by atoms with Crippen molar-refractivity contribution in [2.75, 3.05) is 17.6 Å². The maximum absolute atomic E-state index is 10.6. The second-order valence-electron chi connectivity index (χ2n) is 15.1. The summed E-state index contributed by atoms with van der Waals surface area (Å²) in [6.07, 6.45) is 32.4. The lowest BCUT2D eigenvalue weighted by molar-refractivity contribution is -0.696. The van der Waals surface area contributed by atoms with Crippen LogP contribution in [0, 0.1) is 34.0 Å². The number of nitrogens with zero attached hydrogens (tertiary/aromatic N) is 7. The van der Waals surface area contributed by atoms with Crippen LogP contribution < -0.4 is 68.1 Å². The van der Waals surface area contributed by atoms with E-state index in [-0.39, 0.29) is 67.2 Å². The topological polar surface area (TPSA) is 245 Å². The van der Waals surface area contributed by atoms with Gasteiger partial charge in [-0.05, 0) is 84.0 Å². The Morgan fingerprint density at radius 1 is 0.640 bits per heavy atom. The Labute approximate surface area is 472 Å². The molecule has 5 aromatic rings. The summed E-state index contributed by atoms with van der Waals surface area (Å²) in [5, 5.41) is 56.4. The fraction of sp³-hybridized carbons (Fsp3) is 0.121. The van der Waals surface area contributed by atoms with Gasteiger partial charge < -0.3 is 79.2 Å². The van der Waals surface area contributed by atoms with E-state index < -0.39 is 17.9 Å². The molecule has 0 unspecified atom stereocenters. The maximum Gasteiger partial charge on any atom is 0.309 e. The molecule has 2 aromatic heterocycles. The number of aliphatic carboxylic acids is 3. The van der Waals surface area contributed by atoms with Crippen LogP contribution in [-0.4, -0.2) is 50.9 Å². The highest BCUT2D eigenvalue weighted by molar-refractivity contribution is 5.77. The third-order valence-electron chi connectivity index (χ3n) is 9.60. The Morgan fingerprint density at radius 3 is 1.68 bits per heavy atom. The first-order chi connectivity index (χ1) is 35.5. The first kappa shape index (κ1) is 64.3. The van der Waals surface area contributed by atoms with Crippen LogP contribution in [0.5, 0.6) is 0 Å².